The minimum absolute atomic E-state index is 0.190. The second-order valence-corrected chi connectivity index (χ2v) is 5.40. The zero-order valence-corrected chi connectivity index (χ0v) is 13.1. The molecule has 110 valence electrons. The predicted molar refractivity (Wildman–Crippen MR) is 88.7 cm³/mol. The summed E-state index contributed by atoms with van der Waals surface area (Å²) in [4.78, 5) is 11.5. The standard InChI is InChI=1S/C15H15Cl2N3O/c1-8-5-11(17)14(7-10(8)16)20-13-4-3-9(6-12(13)18)15(21)19-2/h3-7,20H,18H2,1-2H3,(H,19,21). The van der Waals surface area contributed by atoms with Crippen LogP contribution in [0.2, 0.25) is 10.0 Å². The van der Waals surface area contributed by atoms with Crippen molar-refractivity contribution in [3.05, 3.63) is 51.5 Å². The third-order valence-electron chi connectivity index (χ3n) is 3.06. The summed E-state index contributed by atoms with van der Waals surface area (Å²) in [5.74, 6) is -0.190. The van der Waals surface area contributed by atoms with Gasteiger partial charge in [-0.3, -0.25) is 4.79 Å². The van der Waals surface area contributed by atoms with Crippen molar-refractivity contribution in [1.82, 2.24) is 5.32 Å². The fourth-order valence-corrected chi connectivity index (χ4v) is 2.28. The highest BCUT2D eigenvalue weighted by Gasteiger charge is 2.09. The molecule has 1 amide bonds. The topological polar surface area (TPSA) is 67.2 Å². The molecule has 0 atom stereocenters. The second kappa shape index (κ2) is 6.24. The maximum absolute atomic E-state index is 11.5. The molecule has 0 unspecified atom stereocenters. The summed E-state index contributed by atoms with van der Waals surface area (Å²) in [7, 11) is 1.57. The van der Waals surface area contributed by atoms with E-state index in [1.807, 2.05) is 6.92 Å². The number of hydrogen-bond donors (Lipinski definition) is 3. The lowest BCUT2D eigenvalue weighted by molar-refractivity contribution is 0.0963. The quantitative estimate of drug-likeness (QED) is 0.748. The first-order valence-electron chi connectivity index (χ1n) is 6.26. The maximum Gasteiger partial charge on any atom is 0.251 e. The maximum atomic E-state index is 11.5. The number of carbonyl (C=O) groups is 1. The molecular formula is C15H15Cl2N3O. The lowest BCUT2D eigenvalue weighted by Crippen LogP contribution is -2.17. The van der Waals surface area contributed by atoms with Gasteiger partial charge in [0.25, 0.3) is 5.91 Å². The van der Waals surface area contributed by atoms with Crippen molar-refractivity contribution in [1.29, 1.82) is 0 Å². The van der Waals surface area contributed by atoms with Crippen LogP contribution in [0, 0.1) is 6.92 Å². The first-order chi connectivity index (χ1) is 9.92. The number of nitrogen functional groups attached to an aromatic ring is 1. The average molecular weight is 324 g/mol. The van der Waals surface area contributed by atoms with Crippen LogP contribution in [-0.4, -0.2) is 13.0 Å². The van der Waals surface area contributed by atoms with Crippen LogP contribution in [0.5, 0.6) is 0 Å². The fraction of sp³-hybridized carbons (Fsp3) is 0.133. The van der Waals surface area contributed by atoms with Crippen molar-refractivity contribution in [3.8, 4) is 0 Å². The van der Waals surface area contributed by atoms with Gasteiger partial charge in [-0.2, -0.15) is 0 Å². The Labute approximate surface area is 133 Å². The SMILES string of the molecule is CNC(=O)c1ccc(Nc2cc(Cl)c(C)cc2Cl)c(N)c1. The normalized spacial score (nSPS) is 10.3. The van der Waals surface area contributed by atoms with Crippen LogP contribution >= 0.6 is 23.2 Å². The summed E-state index contributed by atoms with van der Waals surface area (Å²) in [6.45, 7) is 1.88. The van der Waals surface area contributed by atoms with E-state index in [9.17, 15) is 4.79 Å². The number of hydrogen-bond acceptors (Lipinski definition) is 3. The van der Waals surface area contributed by atoms with Crippen molar-refractivity contribution < 1.29 is 4.79 Å². The zero-order valence-electron chi connectivity index (χ0n) is 11.6. The molecule has 0 radical (unpaired) electrons. The number of nitrogens with one attached hydrogen (secondary N) is 2. The third kappa shape index (κ3) is 3.40. The summed E-state index contributed by atoms with van der Waals surface area (Å²) < 4.78 is 0. The van der Waals surface area contributed by atoms with Gasteiger partial charge in [0.05, 0.1) is 22.1 Å². The van der Waals surface area contributed by atoms with Gasteiger partial charge in [-0.15, -0.1) is 0 Å². The first kappa shape index (κ1) is 15.5. The number of anilines is 3. The molecule has 0 fully saturated rings. The summed E-state index contributed by atoms with van der Waals surface area (Å²) in [6, 6.07) is 8.53. The van der Waals surface area contributed by atoms with Crippen LogP contribution in [0.25, 0.3) is 0 Å². The number of benzene rings is 2. The van der Waals surface area contributed by atoms with Gasteiger partial charge in [-0.05, 0) is 42.8 Å². The number of rotatable bonds is 3. The highest BCUT2D eigenvalue weighted by Crippen LogP contribution is 2.33. The summed E-state index contributed by atoms with van der Waals surface area (Å²) in [5, 5.41) is 6.83. The number of nitrogens with two attached hydrogens (primary N) is 1. The van der Waals surface area contributed by atoms with E-state index >= 15 is 0 Å². The van der Waals surface area contributed by atoms with Gasteiger partial charge < -0.3 is 16.4 Å². The van der Waals surface area contributed by atoms with Crippen molar-refractivity contribution >= 4 is 46.2 Å². The number of amides is 1. The number of aryl methyl sites for hydroxylation is 1. The minimum Gasteiger partial charge on any atom is -0.397 e. The molecule has 0 aliphatic heterocycles. The zero-order chi connectivity index (χ0) is 15.6. The molecule has 2 aromatic carbocycles. The minimum atomic E-state index is -0.190. The Morgan fingerprint density at radius 3 is 2.43 bits per heavy atom. The van der Waals surface area contributed by atoms with E-state index in [2.05, 4.69) is 10.6 Å². The van der Waals surface area contributed by atoms with Crippen molar-refractivity contribution in [3.63, 3.8) is 0 Å². The lowest BCUT2D eigenvalue weighted by Gasteiger charge is -2.13. The first-order valence-corrected chi connectivity index (χ1v) is 7.02. The molecule has 2 rings (SSSR count). The molecule has 0 aliphatic rings. The Bertz CT molecular complexity index is 702. The van der Waals surface area contributed by atoms with Crippen molar-refractivity contribution in [2.45, 2.75) is 6.92 Å². The molecule has 0 saturated carbocycles. The van der Waals surface area contributed by atoms with E-state index in [0.29, 0.717) is 32.7 Å². The van der Waals surface area contributed by atoms with Gasteiger partial charge >= 0.3 is 0 Å². The Morgan fingerprint density at radius 1 is 1.10 bits per heavy atom. The predicted octanol–water partition coefficient (Wildman–Crippen LogP) is 3.99. The molecule has 21 heavy (non-hydrogen) atoms. The van der Waals surface area contributed by atoms with Gasteiger partial charge in [0.1, 0.15) is 0 Å². The van der Waals surface area contributed by atoms with E-state index in [4.69, 9.17) is 28.9 Å². The average Bonchev–Trinajstić information content (AvgIpc) is 2.45. The van der Waals surface area contributed by atoms with Crippen LogP contribution in [0.1, 0.15) is 15.9 Å². The smallest absolute Gasteiger partial charge is 0.251 e. The van der Waals surface area contributed by atoms with Crippen LogP contribution in [-0.2, 0) is 0 Å². The van der Waals surface area contributed by atoms with Gasteiger partial charge in [-0.25, -0.2) is 0 Å². The number of halogens is 2. The molecule has 0 aliphatic carbocycles. The van der Waals surface area contributed by atoms with E-state index in [-0.39, 0.29) is 5.91 Å². The Morgan fingerprint density at radius 2 is 1.81 bits per heavy atom. The van der Waals surface area contributed by atoms with Crippen LogP contribution in [0.3, 0.4) is 0 Å². The van der Waals surface area contributed by atoms with E-state index in [0.717, 1.165) is 5.56 Å². The van der Waals surface area contributed by atoms with Gasteiger partial charge in [-0.1, -0.05) is 23.2 Å². The monoisotopic (exact) mass is 323 g/mol. The molecule has 4 N–H and O–H groups in total. The van der Waals surface area contributed by atoms with E-state index in [1.54, 1.807) is 37.4 Å². The molecule has 4 nitrogen and oxygen atoms in total. The molecule has 0 aromatic heterocycles. The second-order valence-electron chi connectivity index (χ2n) is 4.59. The van der Waals surface area contributed by atoms with Gasteiger partial charge in [0.15, 0.2) is 0 Å². The molecule has 6 heteroatoms. The Balaban J connectivity index is 2.32. The van der Waals surface area contributed by atoms with Crippen LogP contribution in [0.4, 0.5) is 17.1 Å². The van der Waals surface area contributed by atoms with E-state index < -0.39 is 0 Å². The highest BCUT2D eigenvalue weighted by atomic mass is 35.5. The highest BCUT2D eigenvalue weighted by molar-refractivity contribution is 6.35. The molecule has 0 bridgehead atoms. The third-order valence-corrected chi connectivity index (χ3v) is 3.78. The Hall–Kier alpha value is -1.91. The lowest BCUT2D eigenvalue weighted by atomic mass is 10.1. The molecule has 2 aromatic rings. The van der Waals surface area contributed by atoms with Crippen LogP contribution in [0.15, 0.2) is 30.3 Å². The van der Waals surface area contributed by atoms with Crippen LogP contribution < -0.4 is 16.4 Å². The van der Waals surface area contributed by atoms with Gasteiger partial charge in [0.2, 0.25) is 0 Å². The molecule has 0 heterocycles. The Kier molecular flexibility index (Phi) is 4.60. The number of carbonyl (C=O) groups excluding carboxylic acids is 1. The molecule has 0 saturated heterocycles. The summed E-state index contributed by atoms with van der Waals surface area (Å²) in [5.41, 5.74) is 9.12. The fourth-order valence-electron chi connectivity index (χ4n) is 1.85. The largest absolute Gasteiger partial charge is 0.397 e. The molecule has 0 spiro atoms. The van der Waals surface area contributed by atoms with Gasteiger partial charge in [0, 0.05) is 17.6 Å². The van der Waals surface area contributed by atoms with Crippen molar-refractivity contribution in [2.24, 2.45) is 0 Å². The summed E-state index contributed by atoms with van der Waals surface area (Å²) in [6.07, 6.45) is 0. The molecular weight excluding hydrogens is 309 g/mol. The van der Waals surface area contributed by atoms with Crippen molar-refractivity contribution in [2.75, 3.05) is 18.1 Å². The summed E-state index contributed by atoms with van der Waals surface area (Å²) >= 11 is 12.3. The van der Waals surface area contributed by atoms with E-state index in [1.165, 1.54) is 0 Å².